The highest BCUT2D eigenvalue weighted by atomic mass is 16.5. The summed E-state index contributed by atoms with van der Waals surface area (Å²) in [6.45, 7) is 7.61. The number of pyridine rings is 1. The van der Waals surface area contributed by atoms with Gasteiger partial charge in [-0.2, -0.15) is 4.98 Å². The van der Waals surface area contributed by atoms with Crippen LogP contribution >= 0.6 is 0 Å². The van der Waals surface area contributed by atoms with Gasteiger partial charge in [-0.3, -0.25) is 9.78 Å². The lowest BCUT2D eigenvalue weighted by molar-refractivity contribution is 0.0684. The number of anilines is 2. The third-order valence-corrected chi connectivity index (χ3v) is 6.73. The minimum atomic E-state index is -0.0245. The Morgan fingerprint density at radius 1 is 1.21 bits per heavy atom. The zero-order valence-corrected chi connectivity index (χ0v) is 20.1. The number of hydrogen-bond donors (Lipinski definition) is 1. The number of aromatic nitrogens is 3. The number of nitrogens with zero attached hydrogens (tertiary/aromatic N) is 5. The van der Waals surface area contributed by atoms with E-state index < -0.39 is 0 Å². The molecule has 0 aliphatic carbocycles. The molecule has 1 aromatic carbocycles. The number of fused-ring (bicyclic) bond motifs is 2. The van der Waals surface area contributed by atoms with Gasteiger partial charge in [0.05, 0.1) is 12.1 Å². The topological polar surface area (TPSA) is 83.5 Å². The van der Waals surface area contributed by atoms with Crippen molar-refractivity contribution in [3.8, 4) is 0 Å². The highest BCUT2D eigenvalue weighted by Crippen LogP contribution is 2.31. The molecule has 1 saturated heterocycles. The fourth-order valence-corrected chi connectivity index (χ4v) is 4.71. The summed E-state index contributed by atoms with van der Waals surface area (Å²) in [7, 11) is 2.01. The van der Waals surface area contributed by atoms with Crippen LogP contribution in [0.25, 0.3) is 10.9 Å². The molecular weight excluding hydrogens is 428 g/mol. The Morgan fingerprint density at radius 2 is 2.00 bits per heavy atom. The van der Waals surface area contributed by atoms with Crippen LogP contribution < -0.4 is 10.2 Å². The minimum absolute atomic E-state index is 0.0245. The van der Waals surface area contributed by atoms with E-state index in [4.69, 9.17) is 14.7 Å². The lowest BCUT2D eigenvalue weighted by atomic mass is 10.00. The SMILES string of the molecule is CC(C)N1Cc2c(NCc3cnc4ccccc4c3)nc(N(C)CC3CCOCC3)nc2C1=O. The maximum atomic E-state index is 13.1. The van der Waals surface area contributed by atoms with Gasteiger partial charge in [0.1, 0.15) is 11.5 Å². The smallest absolute Gasteiger partial charge is 0.273 e. The fourth-order valence-electron chi connectivity index (χ4n) is 4.71. The number of para-hydroxylation sites is 1. The molecule has 8 nitrogen and oxygen atoms in total. The Kier molecular flexibility index (Phi) is 6.32. The number of nitrogens with one attached hydrogen (secondary N) is 1. The number of hydrogen-bond acceptors (Lipinski definition) is 7. The highest BCUT2D eigenvalue weighted by molar-refractivity contribution is 5.98. The molecule has 0 radical (unpaired) electrons. The van der Waals surface area contributed by atoms with Crippen LogP contribution in [0.4, 0.5) is 11.8 Å². The molecule has 34 heavy (non-hydrogen) atoms. The van der Waals surface area contributed by atoms with E-state index in [1.807, 2.05) is 50.2 Å². The molecule has 1 fully saturated rings. The third kappa shape index (κ3) is 4.55. The summed E-state index contributed by atoms with van der Waals surface area (Å²) < 4.78 is 5.50. The second-order valence-electron chi connectivity index (χ2n) is 9.55. The van der Waals surface area contributed by atoms with Gasteiger partial charge in [-0.25, -0.2) is 4.98 Å². The standard InChI is InChI=1S/C26H32N6O2/c1-17(2)32-16-21-23(25(32)33)29-26(31(3)15-18-8-10-34-11-9-18)30-24(21)28-14-19-12-20-6-4-5-7-22(20)27-13-19/h4-7,12-13,17-18H,8-11,14-16H2,1-3H3,(H,28,29,30). The molecule has 2 aromatic heterocycles. The largest absolute Gasteiger partial charge is 0.381 e. The first kappa shape index (κ1) is 22.5. The van der Waals surface area contributed by atoms with E-state index in [9.17, 15) is 4.79 Å². The molecule has 5 rings (SSSR count). The maximum Gasteiger partial charge on any atom is 0.273 e. The summed E-state index contributed by atoms with van der Waals surface area (Å²) in [4.78, 5) is 31.3. The van der Waals surface area contributed by atoms with E-state index in [-0.39, 0.29) is 11.9 Å². The zero-order valence-electron chi connectivity index (χ0n) is 20.1. The Morgan fingerprint density at radius 3 is 2.79 bits per heavy atom. The number of rotatable bonds is 7. The number of carbonyl (C=O) groups is 1. The van der Waals surface area contributed by atoms with Gasteiger partial charge in [-0.1, -0.05) is 18.2 Å². The summed E-state index contributed by atoms with van der Waals surface area (Å²) in [5.74, 6) is 1.83. The van der Waals surface area contributed by atoms with Crippen molar-refractivity contribution in [1.82, 2.24) is 19.9 Å². The third-order valence-electron chi connectivity index (χ3n) is 6.73. The first-order valence-electron chi connectivity index (χ1n) is 12.1. The lowest BCUT2D eigenvalue weighted by Gasteiger charge is -2.27. The van der Waals surface area contributed by atoms with E-state index in [2.05, 4.69) is 27.3 Å². The molecule has 4 heterocycles. The van der Waals surface area contributed by atoms with Crippen LogP contribution in [0.3, 0.4) is 0 Å². The molecule has 0 unspecified atom stereocenters. The molecule has 2 aliphatic heterocycles. The van der Waals surface area contributed by atoms with Crippen molar-refractivity contribution in [3.05, 3.63) is 53.3 Å². The predicted octanol–water partition coefficient (Wildman–Crippen LogP) is 3.86. The summed E-state index contributed by atoms with van der Waals surface area (Å²) >= 11 is 0. The quantitative estimate of drug-likeness (QED) is 0.573. The normalized spacial score (nSPS) is 16.4. The Labute approximate surface area is 200 Å². The van der Waals surface area contributed by atoms with Gasteiger partial charge in [0.25, 0.3) is 5.91 Å². The molecule has 178 valence electrons. The highest BCUT2D eigenvalue weighted by Gasteiger charge is 2.34. The number of ether oxygens (including phenoxy) is 1. The Balaban J connectivity index is 1.42. The van der Waals surface area contributed by atoms with Crippen molar-refractivity contribution >= 4 is 28.6 Å². The first-order chi connectivity index (χ1) is 16.5. The summed E-state index contributed by atoms with van der Waals surface area (Å²) in [6, 6.07) is 10.3. The molecule has 0 bridgehead atoms. The van der Waals surface area contributed by atoms with Crippen molar-refractivity contribution in [1.29, 1.82) is 0 Å². The van der Waals surface area contributed by atoms with Gasteiger partial charge < -0.3 is 19.9 Å². The van der Waals surface area contributed by atoms with Crippen LogP contribution in [0.2, 0.25) is 0 Å². The number of carbonyl (C=O) groups excluding carboxylic acids is 1. The van der Waals surface area contributed by atoms with Crippen LogP contribution in [0.5, 0.6) is 0 Å². The minimum Gasteiger partial charge on any atom is -0.381 e. The van der Waals surface area contributed by atoms with Crippen molar-refractivity contribution in [2.45, 2.75) is 45.8 Å². The summed E-state index contributed by atoms with van der Waals surface area (Å²) in [5.41, 5.74) is 3.42. The molecule has 8 heteroatoms. The summed E-state index contributed by atoms with van der Waals surface area (Å²) in [5, 5.41) is 4.59. The first-order valence-corrected chi connectivity index (χ1v) is 12.1. The van der Waals surface area contributed by atoms with Gasteiger partial charge in [-0.05, 0) is 50.3 Å². The second kappa shape index (κ2) is 9.54. The molecule has 3 aromatic rings. The van der Waals surface area contributed by atoms with Gasteiger partial charge in [0.15, 0.2) is 0 Å². The van der Waals surface area contributed by atoms with E-state index in [1.165, 1.54) is 0 Å². The van der Waals surface area contributed by atoms with Gasteiger partial charge in [0, 0.05) is 56.5 Å². The predicted molar refractivity (Wildman–Crippen MR) is 133 cm³/mol. The van der Waals surface area contributed by atoms with E-state index in [0.717, 1.165) is 60.4 Å². The van der Waals surface area contributed by atoms with Crippen molar-refractivity contribution < 1.29 is 9.53 Å². The van der Waals surface area contributed by atoms with E-state index >= 15 is 0 Å². The van der Waals surface area contributed by atoms with Crippen LogP contribution in [0.1, 0.15) is 48.3 Å². The van der Waals surface area contributed by atoms with Crippen LogP contribution in [-0.4, -0.2) is 58.6 Å². The average molecular weight is 461 g/mol. The molecular formula is C26H32N6O2. The zero-order chi connectivity index (χ0) is 23.7. The second-order valence-corrected chi connectivity index (χ2v) is 9.55. The fraction of sp³-hybridized carbons (Fsp3) is 0.462. The molecule has 1 amide bonds. The molecule has 0 saturated carbocycles. The summed E-state index contributed by atoms with van der Waals surface area (Å²) in [6.07, 6.45) is 3.96. The van der Waals surface area contributed by atoms with Crippen LogP contribution in [0, 0.1) is 5.92 Å². The Bertz CT molecular complexity index is 1190. The maximum absolute atomic E-state index is 13.1. The van der Waals surface area contributed by atoms with Crippen molar-refractivity contribution in [2.75, 3.05) is 37.0 Å². The van der Waals surface area contributed by atoms with Gasteiger partial charge >= 0.3 is 0 Å². The number of amides is 1. The molecule has 0 spiro atoms. The average Bonchev–Trinajstić information content (AvgIpc) is 3.20. The van der Waals surface area contributed by atoms with Crippen LogP contribution in [0.15, 0.2) is 36.5 Å². The Hall–Kier alpha value is -3.26. The number of benzene rings is 1. The van der Waals surface area contributed by atoms with Crippen molar-refractivity contribution in [2.24, 2.45) is 5.92 Å². The van der Waals surface area contributed by atoms with E-state index in [1.54, 1.807) is 0 Å². The van der Waals surface area contributed by atoms with Crippen molar-refractivity contribution in [3.63, 3.8) is 0 Å². The lowest BCUT2D eigenvalue weighted by Crippen LogP contribution is -2.32. The molecule has 2 aliphatic rings. The monoisotopic (exact) mass is 460 g/mol. The van der Waals surface area contributed by atoms with Crippen LogP contribution in [-0.2, 0) is 17.8 Å². The molecule has 1 N–H and O–H groups in total. The van der Waals surface area contributed by atoms with Gasteiger partial charge in [-0.15, -0.1) is 0 Å². The van der Waals surface area contributed by atoms with E-state index in [0.29, 0.717) is 30.6 Å². The molecule has 0 atom stereocenters. The van der Waals surface area contributed by atoms with Gasteiger partial charge in [0.2, 0.25) is 5.95 Å².